The number of allylic oxidation sites excluding steroid dienone is 4. The van der Waals surface area contributed by atoms with Crippen LogP contribution in [0.3, 0.4) is 0 Å². The van der Waals surface area contributed by atoms with Gasteiger partial charge in [-0.15, -0.1) is 0 Å². The SMILES string of the molecule is O=C(Nc1c(Cl)cccc1Cl)C1[C@@H]2CCC=CCCC=CCC[C@@H]12. The standard InChI is InChI=1S/C20H23Cl2NO/c21-16-12-9-13-17(22)19(16)23-20(24)18-14-10-7-5-3-1-2-4-6-8-11-15(14)18/h3-6,9,12-15,18H,1-2,7-8,10-11H2,(H,23,24)/t14-,15-,18?/m1/s1. The zero-order valence-electron chi connectivity index (χ0n) is 13.7. The van der Waals surface area contributed by atoms with Gasteiger partial charge in [0.15, 0.2) is 0 Å². The van der Waals surface area contributed by atoms with E-state index in [-0.39, 0.29) is 11.8 Å². The van der Waals surface area contributed by atoms with Gasteiger partial charge in [0.2, 0.25) is 5.91 Å². The minimum Gasteiger partial charge on any atom is -0.323 e. The number of hydrogen-bond acceptors (Lipinski definition) is 1. The second kappa shape index (κ2) is 8.22. The number of nitrogens with one attached hydrogen (secondary N) is 1. The van der Waals surface area contributed by atoms with Crippen LogP contribution in [0, 0.1) is 17.8 Å². The molecule has 1 fully saturated rings. The van der Waals surface area contributed by atoms with Crippen LogP contribution in [-0.2, 0) is 4.79 Å². The quantitative estimate of drug-likeness (QED) is 0.617. The molecule has 1 aromatic rings. The Morgan fingerprint density at radius 2 is 1.38 bits per heavy atom. The van der Waals surface area contributed by atoms with Crippen molar-refractivity contribution in [2.24, 2.45) is 17.8 Å². The van der Waals surface area contributed by atoms with Crippen molar-refractivity contribution in [3.63, 3.8) is 0 Å². The van der Waals surface area contributed by atoms with Crippen molar-refractivity contribution in [3.05, 3.63) is 52.5 Å². The van der Waals surface area contributed by atoms with Crippen molar-refractivity contribution < 1.29 is 4.79 Å². The number of carbonyl (C=O) groups is 1. The van der Waals surface area contributed by atoms with E-state index in [4.69, 9.17) is 23.2 Å². The summed E-state index contributed by atoms with van der Waals surface area (Å²) in [7, 11) is 0. The van der Waals surface area contributed by atoms with Crippen LogP contribution < -0.4 is 5.32 Å². The summed E-state index contributed by atoms with van der Waals surface area (Å²) in [6.45, 7) is 0. The van der Waals surface area contributed by atoms with Gasteiger partial charge in [-0.25, -0.2) is 0 Å². The third kappa shape index (κ3) is 4.23. The van der Waals surface area contributed by atoms with Crippen LogP contribution in [0.5, 0.6) is 0 Å². The molecular formula is C20H23Cl2NO. The molecule has 0 heterocycles. The van der Waals surface area contributed by atoms with Crippen LogP contribution in [0.1, 0.15) is 38.5 Å². The van der Waals surface area contributed by atoms with E-state index in [0.717, 1.165) is 38.5 Å². The monoisotopic (exact) mass is 363 g/mol. The molecule has 0 spiro atoms. The first-order chi connectivity index (χ1) is 11.7. The predicted octanol–water partition coefficient (Wildman–Crippen LogP) is 6.26. The van der Waals surface area contributed by atoms with Crippen LogP contribution in [0.15, 0.2) is 42.5 Å². The van der Waals surface area contributed by atoms with Gasteiger partial charge >= 0.3 is 0 Å². The fourth-order valence-electron chi connectivity index (χ4n) is 3.69. The lowest BCUT2D eigenvalue weighted by Gasteiger charge is -2.09. The van der Waals surface area contributed by atoms with Crippen molar-refractivity contribution in [1.29, 1.82) is 0 Å². The highest BCUT2D eigenvalue weighted by Gasteiger charge is 2.52. The number of amides is 1. The van der Waals surface area contributed by atoms with E-state index in [0.29, 0.717) is 27.6 Å². The Morgan fingerprint density at radius 3 is 1.92 bits per heavy atom. The van der Waals surface area contributed by atoms with E-state index >= 15 is 0 Å². The molecule has 24 heavy (non-hydrogen) atoms. The Bertz CT molecular complexity index is 609. The zero-order chi connectivity index (χ0) is 16.9. The minimum atomic E-state index is 0.0582. The summed E-state index contributed by atoms with van der Waals surface area (Å²) in [5.74, 6) is 1.09. The number of fused-ring (bicyclic) bond motifs is 1. The van der Waals surface area contributed by atoms with Crippen LogP contribution >= 0.6 is 23.2 Å². The molecule has 2 aliphatic rings. The van der Waals surface area contributed by atoms with Gasteiger partial charge in [-0.3, -0.25) is 4.79 Å². The Kier molecular flexibility index (Phi) is 6.02. The molecule has 0 aromatic heterocycles. The molecule has 0 unspecified atom stereocenters. The average molecular weight is 364 g/mol. The van der Waals surface area contributed by atoms with Crippen molar-refractivity contribution in [2.75, 3.05) is 5.32 Å². The Morgan fingerprint density at radius 1 is 0.875 bits per heavy atom. The molecule has 0 saturated heterocycles. The summed E-state index contributed by atoms with van der Waals surface area (Å²) >= 11 is 12.3. The summed E-state index contributed by atoms with van der Waals surface area (Å²) in [6.07, 6.45) is 15.5. The van der Waals surface area contributed by atoms with Gasteiger partial charge in [-0.2, -0.15) is 0 Å². The summed E-state index contributed by atoms with van der Waals surface area (Å²) in [5, 5.41) is 3.93. The molecule has 0 radical (unpaired) electrons. The van der Waals surface area contributed by atoms with Crippen LogP contribution in [0.4, 0.5) is 5.69 Å². The molecule has 128 valence electrons. The molecular weight excluding hydrogens is 341 g/mol. The number of halogens is 2. The Labute approximate surface area is 153 Å². The highest BCUT2D eigenvalue weighted by molar-refractivity contribution is 6.39. The smallest absolute Gasteiger partial charge is 0.228 e. The van der Waals surface area contributed by atoms with Crippen LogP contribution in [-0.4, -0.2) is 5.91 Å². The second-order valence-electron chi connectivity index (χ2n) is 6.61. The van der Waals surface area contributed by atoms with Gasteiger partial charge in [0.25, 0.3) is 0 Å². The molecule has 1 saturated carbocycles. The first-order valence-electron chi connectivity index (χ1n) is 8.73. The maximum absolute atomic E-state index is 12.7. The number of anilines is 1. The number of rotatable bonds is 2. The number of benzene rings is 1. The van der Waals surface area contributed by atoms with E-state index in [1.54, 1.807) is 18.2 Å². The summed E-state index contributed by atoms with van der Waals surface area (Å²) < 4.78 is 0. The minimum absolute atomic E-state index is 0.0582. The van der Waals surface area contributed by atoms with Gasteiger partial charge in [-0.05, 0) is 62.5 Å². The van der Waals surface area contributed by atoms with E-state index in [9.17, 15) is 4.79 Å². The van der Waals surface area contributed by atoms with Crippen LogP contribution in [0.2, 0.25) is 10.0 Å². The number of hydrogen-bond donors (Lipinski definition) is 1. The Hall–Kier alpha value is -1.25. The third-order valence-electron chi connectivity index (χ3n) is 5.01. The molecule has 0 bridgehead atoms. The molecule has 4 heteroatoms. The first kappa shape index (κ1) is 17.6. The zero-order valence-corrected chi connectivity index (χ0v) is 15.2. The molecule has 1 N–H and O–H groups in total. The second-order valence-corrected chi connectivity index (χ2v) is 7.43. The normalized spacial score (nSPS) is 26.8. The lowest BCUT2D eigenvalue weighted by molar-refractivity contribution is -0.117. The number of carbonyl (C=O) groups excluding carboxylic acids is 1. The molecule has 0 aliphatic heterocycles. The topological polar surface area (TPSA) is 29.1 Å². The van der Waals surface area contributed by atoms with Gasteiger partial charge in [0.05, 0.1) is 15.7 Å². The maximum Gasteiger partial charge on any atom is 0.228 e. The van der Waals surface area contributed by atoms with Crippen molar-refractivity contribution in [2.45, 2.75) is 38.5 Å². The van der Waals surface area contributed by atoms with Crippen molar-refractivity contribution in [1.82, 2.24) is 0 Å². The summed E-state index contributed by atoms with van der Waals surface area (Å²) in [4.78, 5) is 12.7. The van der Waals surface area contributed by atoms with Gasteiger partial charge in [0.1, 0.15) is 0 Å². The largest absolute Gasteiger partial charge is 0.323 e. The van der Waals surface area contributed by atoms with Crippen molar-refractivity contribution in [3.8, 4) is 0 Å². The summed E-state index contributed by atoms with van der Waals surface area (Å²) in [5.41, 5.74) is 0.535. The molecule has 2 aliphatic carbocycles. The van der Waals surface area contributed by atoms with E-state index in [2.05, 4.69) is 29.6 Å². The fourth-order valence-corrected chi connectivity index (χ4v) is 4.18. The van der Waals surface area contributed by atoms with Crippen molar-refractivity contribution >= 4 is 34.8 Å². The van der Waals surface area contributed by atoms with E-state index in [1.807, 2.05) is 0 Å². The predicted molar refractivity (Wildman–Crippen MR) is 102 cm³/mol. The van der Waals surface area contributed by atoms with Gasteiger partial charge in [-0.1, -0.05) is 53.6 Å². The van der Waals surface area contributed by atoms with Crippen LogP contribution in [0.25, 0.3) is 0 Å². The number of para-hydroxylation sites is 1. The fraction of sp³-hybridized carbons (Fsp3) is 0.450. The molecule has 1 aromatic carbocycles. The lowest BCUT2D eigenvalue weighted by atomic mass is 10.1. The van der Waals surface area contributed by atoms with Gasteiger partial charge < -0.3 is 5.32 Å². The molecule has 2 nitrogen and oxygen atoms in total. The van der Waals surface area contributed by atoms with E-state index < -0.39 is 0 Å². The lowest BCUT2D eigenvalue weighted by Crippen LogP contribution is -2.16. The molecule has 3 rings (SSSR count). The molecule has 1 amide bonds. The summed E-state index contributed by atoms with van der Waals surface area (Å²) in [6, 6.07) is 5.27. The Balaban J connectivity index is 1.66. The van der Waals surface area contributed by atoms with E-state index in [1.165, 1.54) is 0 Å². The molecule has 2 atom stereocenters. The highest BCUT2D eigenvalue weighted by Crippen LogP contribution is 2.53. The average Bonchev–Trinajstić information content (AvgIpc) is 3.23. The third-order valence-corrected chi connectivity index (χ3v) is 5.64. The highest BCUT2D eigenvalue weighted by atomic mass is 35.5. The van der Waals surface area contributed by atoms with Gasteiger partial charge in [0, 0.05) is 5.92 Å². The first-order valence-corrected chi connectivity index (χ1v) is 9.49. The maximum atomic E-state index is 12.7.